The number of carbonyl (C=O) groups is 2. The second-order valence-electron chi connectivity index (χ2n) is 7.49. The maximum Gasteiger partial charge on any atom is 0.408 e. The number of likely N-dealkylation sites (N-methyl/N-ethyl adjacent to an activating group) is 1. The normalized spacial score (nSPS) is 21.8. The molecule has 1 N–H and O–H groups in total. The van der Waals surface area contributed by atoms with Crippen molar-refractivity contribution in [2.45, 2.75) is 44.9 Å². The Morgan fingerprint density at radius 1 is 1.27 bits per heavy atom. The minimum atomic E-state index is -1.05. The zero-order chi connectivity index (χ0) is 19.4. The molecule has 1 aromatic carbocycles. The average molecular weight is 364 g/mol. The van der Waals surface area contributed by atoms with Crippen LogP contribution in [0.3, 0.4) is 0 Å². The van der Waals surface area contributed by atoms with Gasteiger partial charge in [0, 0.05) is 13.0 Å². The van der Waals surface area contributed by atoms with Crippen LogP contribution >= 0.6 is 0 Å². The number of hydrogen-bond acceptors (Lipinski definition) is 5. The number of ether oxygens (including phenoxy) is 2. The van der Waals surface area contributed by atoms with Crippen molar-refractivity contribution in [1.82, 2.24) is 10.4 Å². The Labute approximate surface area is 154 Å². The maximum atomic E-state index is 12.7. The van der Waals surface area contributed by atoms with E-state index in [0.717, 1.165) is 10.6 Å². The van der Waals surface area contributed by atoms with E-state index in [2.05, 4.69) is 5.32 Å². The van der Waals surface area contributed by atoms with Crippen LogP contribution < -0.4 is 5.32 Å². The number of rotatable bonds is 7. The molecule has 0 aromatic heterocycles. The van der Waals surface area contributed by atoms with Crippen molar-refractivity contribution in [3.63, 3.8) is 0 Å². The molecule has 0 unspecified atom stereocenters. The fourth-order valence-electron chi connectivity index (χ4n) is 2.74. The van der Waals surface area contributed by atoms with E-state index >= 15 is 0 Å². The monoisotopic (exact) mass is 364 g/mol. The summed E-state index contributed by atoms with van der Waals surface area (Å²) in [6.45, 7) is 6.13. The highest BCUT2D eigenvalue weighted by atomic mass is 16.7. The first kappa shape index (κ1) is 20.2. The number of alkyl carbamates (subject to hydrolysis) is 1. The summed E-state index contributed by atoms with van der Waals surface area (Å²) in [7, 11) is 2.92. The molecule has 0 aliphatic heterocycles. The Morgan fingerprint density at radius 3 is 2.50 bits per heavy atom. The lowest BCUT2D eigenvalue weighted by molar-refractivity contribution is -0.173. The summed E-state index contributed by atoms with van der Waals surface area (Å²) in [5.41, 5.74) is -0.640. The fraction of sp³-hybridized carbons (Fsp3) is 0.579. The predicted molar refractivity (Wildman–Crippen MR) is 96.1 cm³/mol. The molecule has 144 valence electrons. The van der Waals surface area contributed by atoms with Crippen molar-refractivity contribution in [2.75, 3.05) is 20.8 Å². The lowest BCUT2D eigenvalue weighted by Crippen LogP contribution is -2.52. The first-order chi connectivity index (χ1) is 12.2. The van der Waals surface area contributed by atoms with Gasteiger partial charge < -0.3 is 14.8 Å². The molecule has 2 rings (SSSR count). The molecule has 1 aliphatic rings. The highest BCUT2D eigenvalue weighted by Crippen LogP contribution is 2.45. The minimum Gasteiger partial charge on any atom is -0.444 e. The van der Waals surface area contributed by atoms with Crippen LogP contribution in [0.2, 0.25) is 0 Å². The van der Waals surface area contributed by atoms with Crippen LogP contribution in [0.4, 0.5) is 4.79 Å². The lowest BCUT2D eigenvalue weighted by Gasteiger charge is -2.26. The van der Waals surface area contributed by atoms with Gasteiger partial charge in [-0.1, -0.05) is 30.3 Å². The molecule has 26 heavy (non-hydrogen) atoms. The van der Waals surface area contributed by atoms with Crippen LogP contribution in [0, 0.1) is 5.92 Å². The summed E-state index contributed by atoms with van der Waals surface area (Å²) >= 11 is 0. The van der Waals surface area contributed by atoms with Crippen LogP contribution in [0.15, 0.2) is 30.3 Å². The van der Waals surface area contributed by atoms with Gasteiger partial charge in [0.25, 0.3) is 5.91 Å². The Morgan fingerprint density at radius 2 is 1.92 bits per heavy atom. The Kier molecular flexibility index (Phi) is 6.26. The molecule has 7 heteroatoms. The largest absolute Gasteiger partial charge is 0.444 e. The van der Waals surface area contributed by atoms with E-state index in [9.17, 15) is 9.59 Å². The van der Waals surface area contributed by atoms with Crippen LogP contribution in [0.5, 0.6) is 0 Å². The van der Waals surface area contributed by atoms with Crippen molar-refractivity contribution in [3.8, 4) is 0 Å². The molecule has 1 aliphatic carbocycles. The van der Waals surface area contributed by atoms with Gasteiger partial charge in [0.1, 0.15) is 11.1 Å². The zero-order valence-electron chi connectivity index (χ0n) is 16.1. The number of amides is 2. The number of carbonyl (C=O) groups excluding carboxylic acids is 2. The van der Waals surface area contributed by atoms with Gasteiger partial charge in [-0.25, -0.2) is 9.86 Å². The molecule has 0 spiro atoms. The minimum absolute atomic E-state index is 0.135. The van der Waals surface area contributed by atoms with Gasteiger partial charge in [-0.3, -0.25) is 9.63 Å². The first-order valence-electron chi connectivity index (χ1n) is 8.63. The number of nitrogens with one attached hydrogen (secondary N) is 1. The molecule has 7 nitrogen and oxygen atoms in total. The molecular formula is C19H28N2O5. The first-order valence-corrected chi connectivity index (χ1v) is 8.63. The van der Waals surface area contributed by atoms with Gasteiger partial charge in [-0.05, 0) is 32.8 Å². The van der Waals surface area contributed by atoms with Gasteiger partial charge in [0.05, 0.1) is 20.3 Å². The van der Waals surface area contributed by atoms with Crippen LogP contribution in [0.25, 0.3) is 0 Å². The maximum absolute atomic E-state index is 12.7. The van der Waals surface area contributed by atoms with E-state index in [1.54, 1.807) is 20.8 Å². The Balaban J connectivity index is 1.97. The van der Waals surface area contributed by atoms with E-state index in [4.69, 9.17) is 14.3 Å². The summed E-state index contributed by atoms with van der Waals surface area (Å²) in [6, 6.07) is 9.79. The highest BCUT2D eigenvalue weighted by molar-refractivity contribution is 5.93. The smallest absolute Gasteiger partial charge is 0.408 e. The van der Waals surface area contributed by atoms with Crippen LogP contribution in [-0.4, -0.2) is 49.0 Å². The Hall–Kier alpha value is -2.12. The Bertz CT molecular complexity index is 629. The average Bonchev–Trinajstić information content (AvgIpc) is 3.26. The van der Waals surface area contributed by atoms with E-state index < -0.39 is 17.2 Å². The molecule has 1 saturated carbocycles. The molecule has 2 atom stereocenters. The van der Waals surface area contributed by atoms with E-state index in [-0.39, 0.29) is 11.8 Å². The molecule has 1 fully saturated rings. The molecule has 0 bridgehead atoms. The third-order valence-electron chi connectivity index (χ3n) is 4.20. The summed E-state index contributed by atoms with van der Waals surface area (Å²) in [4.78, 5) is 29.9. The summed E-state index contributed by atoms with van der Waals surface area (Å²) < 4.78 is 11.0. The SMILES string of the molecule is CON(C)C(=O)[C@]1(NC(=O)OC(C)(C)C)C[C@H]1COCc1ccccc1. The summed E-state index contributed by atoms with van der Waals surface area (Å²) in [5.74, 6) is -0.456. The van der Waals surface area contributed by atoms with Crippen molar-refractivity contribution >= 4 is 12.0 Å². The third kappa shape index (κ3) is 5.19. The van der Waals surface area contributed by atoms with Gasteiger partial charge in [-0.15, -0.1) is 0 Å². The number of hydrogen-bond donors (Lipinski definition) is 1. The van der Waals surface area contributed by atoms with Gasteiger partial charge in [-0.2, -0.15) is 0 Å². The molecule has 0 heterocycles. The number of benzene rings is 1. The third-order valence-corrected chi connectivity index (χ3v) is 4.20. The quantitative estimate of drug-likeness (QED) is 0.752. The number of nitrogens with zero attached hydrogens (tertiary/aromatic N) is 1. The van der Waals surface area contributed by atoms with Crippen molar-refractivity contribution in [2.24, 2.45) is 5.92 Å². The van der Waals surface area contributed by atoms with Crippen molar-refractivity contribution in [3.05, 3.63) is 35.9 Å². The second-order valence-corrected chi connectivity index (χ2v) is 7.49. The molecule has 2 amide bonds. The topological polar surface area (TPSA) is 77.1 Å². The predicted octanol–water partition coefficient (Wildman–Crippen LogP) is 2.51. The van der Waals surface area contributed by atoms with Gasteiger partial charge >= 0.3 is 6.09 Å². The standard InChI is InChI=1S/C19H28N2O5/c1-18(2,3)26-17(23)20-19(16(22)21(4)24-5)11-15(19)13-25-12-14-9-7-6-8-10-14/h6-10,15H,11-13H2,1-5H3,(H,20,23)/t15-,19-/m0/s1. The van der Waals surface area contributed by atoms with E-state index in [1.165, 1.54) is 14.2 Å². The highest BCUT2D eigenvalue weighted by Gasteiger charge is 2.63. The van der Waals surface area contributed by atoms with Gasteiger partial charge in [0.15, 0.2) is 0 Å². The summed E-state index contributed by atoms with van der Waals surface area (Å²) in [6.07, 6.45) is -0.144. The molecule has 1 aromatic rings. The lowest BCUT2D eigenvalue weighted by atomic mass is 10.2. The molecule has 0 saturated heterocycles. The fourth-order valence-corrected chi connectivity index (χ4v) is 2.74. The van der Waals surface area contributed by atoms with Crippen LogP contribution in [0.1, 0.15) is 32.8 Å². The van der Waals surface area contributed by atoms with E-state index in [1.807, 2.05) is 30.3 Å². The number of hydroxylamine groups is 2. The van der Waals surface area contributed by atoms with Crippen molar-refractivity contribution < 1.29 is 23.9 Å². The van der Waals surface area contributed by atoms with Gasteiger partial charge in [0.2, 0.25) is 0 Å². The molecule has 0 radical (unpaired) electrons. The van der Waals surface area contributed by atoms with Crippen molar-refractivity contribution in [1.29, 1.82) is 0 Å². The summed E-state index contributed by atoms with van der Waals surface area (Å²) in [5, 5.41) is 3.84. The second kappa shape index (κ2) is 8.05. The zero-order valence-corrected chi connectivity index (χ0v) is 16.1. The van der Waals surface area contributed by atoms with E-state index in [0.29, 0.717) is 19.6 Å². The van der Waals surface area contributed by atoms with Crippen LogP contribution in [-0.2, 0) is 25.7 Å². The molecular weight excluding hydrogens is 336 g/mol.